The Hall–Kier alpha value is -2.58. The van der Waals surface area contributed by atoms with Crippen molar-refractivity contribution in [2.75, 3.05) is 18.0 Å². The first-order chi connectivity index (χ1) is 9.91. The van der Waals surface area contributed by atoms with Crippen molar-refractivity contribution in [3.8, 4) is 0 Å². The van der Waals surface area contributed by atoms with Crippen LogP contribution in [0.15, 0.2) is 9.59 Å². The molecule has 0 aromatic carbocycles. The molecule has 0 bridgehead atoms. The Morgan fingerprint density at radius 3 is 2.62 bits per heavy atom. The molecule has 21 heavy (non-hydrogen) atoms. The normalized spacial score (nSPS) is 14.5. The molecule has 3 rings (SSSR count). The molecular formula is C12H15N5O4. The van der Waals surface area contributed by atoms with Crippen LogP contribution in [0, 0.1) is 0 Å². The van der Waals surface area contributed by atoms with Gasteiger partial charge >= 0.3 is 11.7 Å². The summed E-state index contributed by atoms with van der Waals surface area (Å²) in [5.41, 5.74) is -0.239. The van der Waals surface area contributed by atoms with Crippen molar-refractivity contribution >= 4 is 23.1 Å². The minimum absolute atomic E-state index is 0.183. The van der Waals surface area contributed by atoms with Crippen LogP contribution < -0.4 is 16.1 Å². The number of aryl methyl sites for hydroxylation is 2. The molecule has 112 valence electrons. The minimum Gasteiger partial charge on any atom is -0.480 e. The fraction of sp³-hybridized carbons (Fsp3) is 0.500. The second-order valence-electron chi connectivity index (χ2n) is 5.11. The third-order valence-corrected chi connectivity index (χ3v) is 3.75. The van der Waals surface area contributed by atoms with Gasteiger partial charge in [0.1, 0.15) is 6.54 Å². The van der Waals surface area contributed by atoms with E-state index in [-0.39, 0.29) is 12.2 Å². The quantitative estimate of drug-likeness (QED) is 0.740. The highest BCUT2D eigenvalue weighted by Crippen LogP contribution is 2.23. The van der Waals surface area contributed by atoms with E-state index in [0.717, 1.165) is 11.0 Å². The number of hydrogen-bond acceptors (Lipinski definition) is 5. The molecule has 2 aromatic rings. The van der Waals surface area contributed by atoms with Crippen LogP contribution in [0.5, 0.6) is 0 Å². The van der Waals surface area contributed by atoms with Crippen molar-refractivity contribution in [2.45, 2.75) is 13.0 Å². The summed E-state index contributed by atoms with van der Waals surface area (Å²) < 4.78 is 4.04. The summed E-state index contributed by atoms with van der Waals surface area (Å²) in [5, 5.41) is 8.96. The zero-order chi connectivity index (χ0) is 15.3. The molecule has 0 fully saturated rings. The van der Waals surface area contributed by atoms with Crippen LogP contribution in [0.1, 0.15) is 6.42 Å². The van der Waals surface area contributed by atoms with Gasteiger partial charge in [-0.3, -0.25) is 18.7 Å². The lowest BCUT2D eigenvalue weighted by Crippen LogP contribution is -2.39. The first kappa shape index (κ1) is 13.4. The predicted molar refractivity (Wildman–Crippen MR) is 74.7 cm³/mol. The third-order valence-electron chi connectivity index (χ3n) is 3.75. The highest BCUT2D eigenvalue weighted by atomic mass is 16.4. The molecular weight excluding hydrogens is 278 g/mol. The SMILES string of the molecule is Cn1c(=O)c2c(nc3n2CCCN3CC(=O)O)n(C)c1=O. The lowest BCUT2D eigenvalue weighted by atomic mass is 10.3. The number of carbonyl (C=O) groups is 1. The van der Waals surface area contributed by atoms with E-state index in [1.807, 2.05) is 0 Å². The van der Waals surface area contributed by atoms with E-state index in [4.69, 9.17) is 5.11 Å². The number of aliphatic carboxylic acids is 1. The monoisotopic (exact) mass is 293 g/mol. The van der Waals surface area contributed by atoms with Gasteiger partial charge in [-0.1, -0.05) is 0 Å². The van der Waals surface area contributed by atoms with Crippen LogP contribution >= 0.6 is 0 Å². The topological polar surface area (TPSA) is 102 Å². The van der Waals surface area contributed by atoms with Crippen LogP contribution in [0.25, 0.3) is 11.2 Å². The lowest BCUT2D eigenvalue weighted by Gasteiger charge is -2.27. The van der Waals surface area contributed by atoms with E-state index in [9.17, 15) is 14.4 Å². The molecule has 9 heteroatoms. The van der Waals surface area contributed by atoms with Crippen molar-refractivity contribution in [1.29, 1.82) is 0 Å². The molecule has 0 radical (unpaired) electrons. The van der Waals surface area contributed by atoms with Gasteiger partial charge in [0, 0.05) is 27.2 Å². The maximum absolute atomic E-state index is 12.3. The van der Waals surface area contributed by atoms with E-state index in [2.05, 4.69) is 4.98 Å². The smallest absolute Gasteiger partial charge is 0.332 e. The molecule has 0 atom stereocenters. The number of fused-ring (bicyclic) bond motifs is 3. The number of hydrogen-bond donors (Lipinski definition) is 1. The maximum atomic E-state index is 12.3. The third kappa shape index (κ3) is 1.84. The van der Waals surface area contributed by atoms with E-state index in [1.165, 1.54) is 11.6 Å². The van der Waals surface area contributed by atoms with Crippen LogP contribution in [0.3, 0.4) is 0 Å². The van der Waals surface area contributed by atoms with Gasteiger partial charge in [0.2, 0.25) is 5.95 Å². The summed E-state index contributed by atoms with van der Waals surface area (Å²) in [4.78, 5) is 41.1. The molecule has 0 amide bonds. The second kappa shape index (κ2) is 4.47. The van der Waals surface area contributed by atoms with Crippen molar-refractivity contribution in [3.63, 3.8) is 0 Å². The average molecular weight is 293 g/mol. The van der Waals surface area contributed by atoms with Crippen molar-refractivity contribution in [2.24, 2.45) is 14.1 Å². The number of rotatable bonds is 2. The molecule has 1 N–H and O–H groups in total. The van der Waals surface area contributed by atoms with Gasteiger partial charge in [-0.2, -0.15) is 4.98 Å². The summed E-state index contributed by atoms with van der Waals surface area (Å²) in [5.74, 6) is -0.533. The van der Waals surface area contributed by atoms with E-state index in [0.29, 0.717) is 24.6 Å². The Kier molecular flexibility index (Phi) is 2.85. The zero-order valence-electron chi connectivity index (χ0n) is 11.7. The highest BCUT2D eigenvalue weighted by Gasteiger charge is 2.26. The van der Waals surface area contributed by atoms with Crippen molar-refractivity contribution in [3.05, 3.63) is 20.8 Å². The maximum Gasteiger partial charge on any atom is 0.332 e. The lowest BCUT2D eigenvalue weighted by molar-refractivity contribution is -0.135. The molecule has 3 heterocycles. The van der Waals surface area contributed by atoms with Crippen LogP contribution in [-0.4, -0.2) is 42.9 Å². The number of carboxylic acid groups (broad SMARTS) is 1. The van der Waals surface area contributed by atoms with Crippen LogP contribution in [0.4, 0.5) is 5.95 Å². The Morgan fingerprint density at radius 2 is 1.95 bits per heavy atom. The zero-order valence-corrected chi connectivity index (χ0v) is 11.7. The minimum atomic E-state index is -0.961. The fourth-order valence-electron chi connectivity index (χ4n) is 2.72. The average Bonchev–Trinajstić information content (AvgIpc) is 2.83. The first-order valence-electron chi connectivity index (χ1n) is 6.55. The molecule has 0 spiro atoms. The molecule has 9 nitrogen and oxygen atoms in total. The standard InChI is InChI=1S/C12H15N5O4/c1-14-9-8(10(20)15(2)12(14)21)17-5-3-4-16(6-7(18)19)11(17)13-9/h3-6H2,1-2H3,(H,18,19). The Morgan fingerprint density at radius 1 is 1.24 bits per heavy atom. The Bertz CT molecular complexity index is 859. The fourth-order valence-corrected chi connectivity index (χ4v) is 2.72. The summed E-state index contributed by atoms with van der Waals surface area (Å²) in [6.07, 6.45) is 0.720. The predicted octanol–water partition coefficient (Wildman–Crippen LogP) is -1.27. The Labute approximate surface area is 118 Å². The van der Waals surface area contributed by atoms with Crippen molar-refractivity contribution in [1.82, 2.24) is 18.7 Å². The van der Waals surface area contributed by atoms with Gasteiger partial charge in [0.15, 0.2) is 11.2 Å². The van der Waals surface area contributed by atoms with Crippen LogP contribution in [-0.2, 0) is 25.4 Å². The van der Waals surface area contributed by atoms with Gasteiger partial charge < -0.3 is 14.6 Å². The number of aromatic nitrogens is 4. The first-order valence-corrected chi connectivity index (χ1v) is 6.55. The number of nitrogens with zero attached hydrogens (tertiary/aromatic N) is 5. The molecule has 0 aliphatic carbocycles. The highest BCUT2D eigenvalue weighted by molar-refractivity contribution is 5.77. The summed E-state index contributed by atoms with van der Waals surface area (Å²) in [7, 11) is 2.96. The summed E-state index contributed by atoms with van der Waals surface area (Å²) in [6.45, 7) is 0.955. The van der Waals surface area contributed by atoms with Gasteiger partial charge in [-0.25, -0.2) is 4.79 Å². The van der Waals surface area contributed by atoms with Crippen LogP contribution in [0.2, 0.25) is 0 Å². The number of imidazole rings is 1. The van der Waals surface area contributed by atoms with E-state index < -0.39 is 17.2 Å². The van der Waals surface area contributed by atoms with Gasteiger partial charge in [0.05, 0.1) is 0 Å². The van der Waals surface area contributed by atoms with E-state index in [1.54, 1.807) is 16.5 Å². The number of carboxylic acids is 1. The van der Waals surface area contributed by atoms with Gasteiger partial charge in [0.25, 0.3) is 5.56 Å². The van der Waals surface area contributed by atoms with E-state index >= 15 is 0 Å². The van der Waals surface area contributed by atoms with Gasteiger partial charge in [-0.15, -0.1) is 0 Å². The largest absolute Gasteiger partial charge is 0.480 e. The molecule has 0 saturated heterocycles. The second-order valence-corrected chi connectivity index (χ2v) is 5.11. The summed E-state index contributed by atoms with van der Waals surface area (Å²) in [6, 6.07) is 0. The summed E-state index contributed by atoms with van der Waals surface area (Å²) >= 11 is 0. The molecule has 1 aliphatic heterocycles. The number of anilines is 1. The Balaban J connectivity index is 2.34. The van der Waals surface area contributed by atoms with Crippen molar-refractivity contribution < 1.29 is 9.90 Å². The molecule has 0 saturated carbocycles. The van der Waals surface area contributed by atoms with Gasteiger partial charge in [-0.05, 0) is 6.42 Å². The molecule has 0 unspecified atom stereocenters. The molecule has 1 aliphatic rings. The molecule has 2 aromatic heterocycles.